The molecule has 0 fully saturated rings. The molecule has 0 saturated heterocycles. The van der Waals surface area contributed by atoms with Gasteiger partial charge in [0.25, 0.3) is 5.91 Å². The zero-order valence-electron chi connectivity index (χ0n) is 13.1. The smallest absolute Gasteiger partial charge is 0.387 e. The van der Waals surface area contributed by atoms with Crippen LogP contribution in [0.2, 0.25) is 0 Å². The van der Waals surface area contributed by atoms with Crippen molar-refractivity contribution in [3.8, 4) is 11.5 Å². The largest absolute Gasteiger partial charge is 0.480 e. The molecule has 8 heteroatoms. The van der Waals surface area contributed by atoms with E-state index in [-0.39, 0.29) is 18.2 Å². The summed E-state index contributed by atoms with van der Waals surface area (Å²) in [6.45, 7) is -1.12. The topological polar surface area (TPSA) is 47.6 Å². The first-order valence-electron chi connectivity index (χ1n) is 7.28. The Morgan fingerprint density at radius 2 is 1.84 bits per heavy atom. The third-order valence-corrected chi connectivity index (χ3v) is 3.80. The second kappa shape index (κ2) is 8.75. The normalized spacial score (nSPS) is 11.9. The molecule has 25 heavy (non-hydrogen) atoms. The van der Waals surface area contributed by atoms with Gasteiger partial charge in [-0.25, -0.2) is 4.39 Å². The molecule has 2 aromatic rings. The molecule has 1 atom stereocenters. The summed E-state index contributed by atoms with van der Waals surface area (Å²) in [5.74, 6) is -0.403. The lowest BCUT2D eigenvalue weighted by Crippen LogP contribution is -2.35. The Labute approximate surface area is 151 Å². The van der Waals surface area contributed by atoms with Crippen LogP contribution in [0.25, 0.3) is 0 Å². The van der Waals surface area contributed by atoms with Gasteiger partial charge in [0.15, 0.2) is 6.10 Å². The number of carbonyl (C=O) groups is 1. The first-order valence-corrected chi connectivity index (χ1v) is 8.07. The predicted octanol–water partition coefficient (Wildman–Crippen LogP) is 4.27. The molecule has 0 radical (unpaired) electrons. The molecule has 0 spiro atoms. The Kier molecular flexibility index (Phi) is 6.69. The molecule has 2 rings (SSSR count). The molecular weight excluding hydrogens is 403 g/mol. The molecule has 0 aromatic heterocycles. The lowest BCUT2D eigenvalue weighted by Gasteiger charge is -2.16. The molecule has 0 aliphatic heterocycles. The molecule has 0 heterocycles. The van der Waals surface area contributed by atoms with Crippen LogP contribution in [0.4, 0.5) is 13.2 Å². The zero-order valence-corrected chi connectivity index (χ0v) is 14.7. The van der Waals surface area contributed by atoms with Crippen LogP contribution in [0.5, 0.6) is 11.5 Å². The van der Waals surface area contributed by atoms with Crippen molar-refractivity contribution in [3.05, 3.63) is 58.3 Å². The maximum absolute atomic E-state index is 13.0. The summed E-state index contributed by atoms with van der Waals surface area (Å²) in [5, 5.41) is 2.67. The van der Waals surface area contributed by atoms with E-state index in [9.17, 15) is 18.0 Å². The van der Waals surface area contributed by atoms with E-state index in [0.717, 1.165) is 0 Å². The van der Waals surface area contributed by atoms with Gasteiger partial charge < -0.3 is 14.8 Å². The highest BCUT2D eigenvalue weighted by atomic mass is 79.9. The zero-order chi connectivity index (χ0) is 18.4. The van der Waals surface area contributed by atoms with Gasteiger partial charge in [-0.05, 0) is 58.7 Å². The fourth-order valence-corrected chi connectivity index (χ4v) is 2.38. The van der Waals surface area contributed by atoms with Gasteiger partial charge in [-0.15, -0.1) is 0 Å². The fraction of sp³-hybridized carbons (Fsp3) is 0.235. The van der Waals surface area contributed by atoms with Crippen molar-refractivity contribution in [1.82, 2.24) is 5.32 Å². The van der Waals surface area contributed by atoms with Gasteiger partial charge in [-0.2, -0.15) is 8.78 Å². The molecule has 2 aromatic carbocycles. The van der Waals surface area contributed by atoms with E-state index in [1.54, 1.807) is 19.1 Å². The number of carbonyl (C=O) groups excluding carboxylic acids is 1. The van der Waals surface area contributed by atoms with Crippen molar-refractivity contribution >= 4 is 21.8 Å². The maximum atomic E-state index is 13.0. The molecule has 0 saturated carbocycles. The van der Waals surface area contributed by atoms with Gasteiger partial charge in [0.2, 0.25) is 0 Å². The number of halogens is 4. The Morgan fingerprint density at radius 1 is 1.16 bits per heavy atom. The summed E-state index contributed by atoms with van der Waals surface area (Å²) >= 11 is 3.16. The Balaban J connectivity index is 1.86. The van der Waals surface area contributed by atoms with Crippen molar-refractivity contribution in [2.45, 2.75) is 26.2 Å². The summed E-state index contributed by atoms with van der Waals surface area (Å²) in [5.41, 5.74) is 0.713. The van der Waals surface area contributed by atoms with Crippen molar-refractivity contribution < 1.29 is 27.4 Å². The van der Waals surface area contributed by atoms with Crippen LogP contribution in [0.1, 0.15) is 12.5 Å². The van der Waals surface area contributed by atoms with E-state index in [0.29, 0.717) is 15.8 Å². The van der Waals surface area contributed by atoms with Gasteiger partial charge in [-0.1, -0.05) is 12.1 Å². The second-order valence-corrected chi connectivity index (χ2v) is 5.93. The van der Waals surface area contributed by atoms with E-state index in [4.69, 9.17) is 4.74 Å². The van der Waals surface area contributed by atoms with E-state index in [1.807, 2.05) is 0 Å². The van der Waals surface area contributed by atoms with Gasteiger partial charge in [0.1, 0.15) is 17.3 Å². The SMILES string of the molecule is CC(Oc1ccc(F)cc1Br)C(=O)NCc1ccc(OC(F)F)cc1. The fourth-order valence-electron chi connectivity index (χ4n) is 1.94. The highest BCUT2D eigenvalue weighted by Crippen LogP contribution is 2.26. The number of alkyl halides is 2. The van der Waals surface area contributed by atoms with Crippen LogP contribution in [0.15, 0.2) is 46.9 Å². The minimum Gasteiger partial charge on any atom is -0.480 e. The standard InChI is InChI=1S/C17H15BrF3NO3/c1-10(24-15-7-4-12(19)8-14(15)18)16(23)22-9-11-2-5-13(6-3-11)25-17(20)21/h2-8,10,17H,9H2,1H3,(H,22,23). The van der Waals surface area contributed by atoms with E-state index in [1.165, 1.54) is 30.3 Å². The van der Waals surface area contributed by atoms with Gasteiger partial charge in [0.05, 0.1) is 4.47 Å². The van der Waals surface area contributed by atoms with E-state index >= 15 is 0 Å². The Morgan fingerprint density at radius 3 is 2.44 bits per heavy atom. The van der Waals surface area contributed by atoms with E-state index in [2.05, 4.69) is 26.0 Å². The highest BCUT2D eigenvalue weighted by Gasteiger charge is 2.16. The van der Waals surface area contributed by atoms with Crippen LogP contribution < -0.4 is 14.8 Å². The number of hydrogen-bond acceptors (Lipinski definition) is 3. The first-order chi connectivity index (χ1) is 11.8. The molecule has 0 aliphatic rings. The van der Waals surface area contributed by atoms with Crippen LogP contribution >= 0.6 is 15.9 Å². The lowest BCUT2D eigenvalue weighted by atomic mass is 10.2. The Hall–Kier alpha value is -2.22. The molecular formula is C17H15BrF3NO3. The van der Waals surface area contributed by atoms with Crippen molar-refractivity contribution in [2.75, 3.05) is 0 Å². The van der Waals surface area contributed by atoms with E-state index < -0.39 is 18.5 Å². The lowest BCUT2D eigenvalue weighted by molar-refractivity contribution is -0.127. The van der Waals surface area contributed by atoms with Crippen LogP contribution in [0, 0.1) is 5.82 Å². The third-order valence-electron chi connectivity index (χ3n) is 3.18. The summed E-state index contributed by atoms with van der Waals surface area (Å²) in [7, 11) is 0. The molecule has 1 unspecified atom stereocenters. The summed E-state index contributed by atoms with van der Waals surface area (Å²) < 4.78 is 47.3. The maximum Gasteiger partial charge on any atom is 0.387 e. The number of hydrogen-bond donors (Lipinski definition) is 1. The monoisotopic (exact) mass is 417 g/mol. The van der Waals surface area contributed by atoms with Crippen LogP contribution in [-0.2, 0) is 11.3 Å². The summed E-state index contributed by atoms with van der Waals surface area (Å²) in [6.07, 6.45) is -0.803. The molecule has 1 amide bonds. The van der Waals surface area contributed by atoms with Gasteiger partial charge >= 0.3 is 6.61 Å². The highest BCUT2D eigenvalue weighted by molar-refractivity contribution is 9.10. The number of amides is 1. The number of ether oxygens (including phenoxy) is 2. The van der Waals surface area contributed by atoms with Gasteiger partial charge in [0, 0.05) is 6.54 Å². The molecule has 1 N–H and O–H groups in total. The van der Waals surface area contributed by atoms with Crippen LogP contribution in [0.3, 0.4) is 0 Å². The van der Waals surface area contributed by atoms with Crippen molar-refractivity contribution in [3.63, 3.8) is 0 Å². The average Bonchev–Trinajstić information content (AvgIpc) is 2.56. The summed E-state index contributed by atoms with van der Waals surface area (Å²) in [6, 6.07) is 9.81. The second-order valence-electron chi connectivity index (χ2n) is 5.08. The predicted molar refractivity (Wildman–Crippen MR) is 89.1 cm³/mol. The van der Waals surface area contributed by atoms with Gasteiger partial charge in [-0.3, -0.25) is 4.79 Å². The molecule has 0 aliphatic carbocycles. The third kappa shape index (κ3) is 5.97. The number of rotatable bonds is 7. The van der Waals surface area contributed by atoms with Crippen LogP contribution in [-0.4, -0.2) is 18.6 Å². The number of benzene rings is 2. The molecule has 4 nitrogen and oxygen atoms in total. The molecule has 134 valence electrons. The van der Waals surface area contributed by atoms with Crippen molar-refractivity contribution in [1.29, 1.82) is 0 Å². The molecule has 0 bridgehead atoms. The minimum atomic E-state index is -2.88. The van der Waals surface area contributed by atoms with Crippen molar-refractivity contribution in [2.24, 2.45) is 0 Å². The minimum absolute atomic E-state index is 0.0444. The quantitative estimate of drug-likeness (QED) is 0.731. The Bertz CT molecular complexity index is 726. The summed E-state index contributed by atoms with van der Waals surface area (Å²) in [4.78, 5) is 12.1. The number of nitrogens with one attached hydrogen (secondary N) is 1. The first kappa shape index (κ1) is 19.1. The average molecular weight is 418 g/mol.